The molecule has 0 fully saturated rings. The van der Waals surface area contributed by atoms with Crippen molar-refractivity contribution in [2.75, 3.05) is 0 Å². The van der Waals surface area contributed by atoms with Gasteiger partial charge in [0.05, 0.1) is 0 Å². The van der Waals surface area contributed by atoms with Crippen molar-refractivity contribution in [1.82, 2.24) is 0 Å². The van der Waals surface area contributed by atoms with Crippen molar-refractivity contribution in [2.45, 2.75) is 67.7 Å². The molecular weight excluding hydrogens is 168 g/mol. The SMILES string of the molecule is CCC(CC(C)C)(CC(C)C)C(C)C. The fourth-order valence-electron chi connectivity index (χ4n) is 2.88. The van der Waals surface area contributed by atoms with Crippen LogP contribution in [0.25, 0.3) is 0 Å². The third-order valence-corrected chi connectivity index (χ3v) is 3.56. The molecule has 0 nitrogen and oxygen atoms in total. The Hall–Kier alpha value is 0. The zero-order valence-electron chi connectivity index (χ0n) is 11.4. The van der Waals surface area contributed by atoms with Gasteiger partial charge in [-0.05, 0) is 36.0 Å². The van der Waals surface area contributed by atoms with E-state index in [0.717, 1.165) is 17.8 Å². The molecule has 0 spiro atoms. The lowest BCUT2D eigenvalue weighted by atomic mass is 9.65. The van der Waals surface area contributed by atoms with Crippen molar-refractivity contribution in [3.63, 3.8) is 0 Å². The molecule has 0 atom stereocenters. The van der Waals surface area contributed by atoms with Crippen LogP contribution in [-0.4, -0.2) is 0 Å². The van der Waals surface area contributed by atoms with Crippen molar-refractivity contribution < 1.29 is 0 Å². The summed E-state index contributed by atoms with van der Waals surface area (Å²) in [5, 5.41) is 0. The molecule has 0 heteroatoms. The highest BCUT2D eigenvalue weighted by Crippen LogP contribution is 2.43. The third-order valence-electron chi connectivity index (χ3n) is 3.56. The van der Waals surface area contributed by atoms with E-state index >= 15 is 0 Å². The van der Waals surface area contributed by atoms with E-state index in [2.05, 4.69) is 48.5 Å². The highest BCUT2D eigenvalue weighted by Gasteiger charge is 2.32. The van der Waals surface area contributed by atoms with Gasteiger partial charge in [0, 0.05) is 0 Å². The van der Waals surface area contributed by atoms with Crippen LogP contribution in [0.3, 0.4) is 0 Å². The maximum absolute atomic E-state index is 2.40. The van der Waals surface area contributed by atoms with E-state index < -0.39 is 0 Å². The largest absolute Gasteiger partial charge is 0.0648 e. The Labute approximate surface area is 91.5 Å². The lowest BCUT2D eigenvalue weighted by Gasteiger charge is -2.40. The predicted molar refractivity (Wildman–Crippen MR) is 66.5 cm³/mol. The predicted octanol–water partition coefficient (Wildman–Crippen LogP) is 5.13. The van der Waals surface area contributed by atoms with Gasteiger partial charge in [0.1, 0.15) is 0 Å². The first-order valence-electron chi connectivity index (χ1n) is 6.34. The van der Waals surface area contributed by atoms with E-state index in [1.54, 1.807) is 0 Å². The first-order valence-corrected chi connectivity index (χ1v) is 6.34. The van der Waals surface area contributed by atoms with Crippen molar-refractivity contribution in [1.29, 1.82) is 0 Å². The van der Waals surface area contributed by atoms with Crippen molar-refractivity contribution in [2.24, 2.45) is 23.2 Å². The summed E-state index contributed by atoms with van der Waals surface area (Å²) in [6.07, 6.45) is 4.11. The highest BCUT2D eigenvalue weighted by molar-refractivity contribution is 4.83. The lowest BCUT2D eigenvalue weighted by molar-refractivity contribution is 0.105. The second kappa shape index (κ2) is 5.78. The second-order valence-electron chi connectivity index (χ2n) is 6.07. The number of hydrogen-bond donors (Lipinski definition) is 0. The topological polar surface area (TPSA) is 0 Å². The second-order valence-corrected chi connectivity index (χ2v) is 6.07. The Morgan fingerprint density at radius 2 is 1.14 bits per heavy atom. The normalized spacial score (nSPS) is 13.3. The standard InChI is InChI=1S/C14H30/c1-8-14(13(6)7,9-11(2)3)10-12(4)5/h11-13H,8-10H2,1-7H3. The van der Waals surface area contributed by atoms with Gasteiger partial charge in [-0.3, -0.25) is 0 Å². The molecule has 0 unspecified atom stereocenters. The van der Waals surface area contributed by atoms with E-state index in [0.29, 0.717) is 5.41 Å². The Balaban J connectivity index is 4.60. The third kappa shape index (κ3) is 4.02. The molecule has 0 aromatic heterocycles. The van der Waals surface area contributed by atoms with Crippen LogP contribution in [0.4, 0.5) is 0 Å². The fourth-order valence-corrected chi connectivity index (χ4v) is 2.88. The molecule has 0 rings (SSSR count). The van der Waals surface area contributed by atoms with Crippen LogP contribution in [0.15, 0.2) is 0 Å². The molecule has 0 aromatic rings. The number of rotatable bonds is 6. The van der Waals surface area contributed by atoms with E-state index in [4.69, 9.17) is 0 Å². The summed E-state index contributed by atoms with van der Waals surface area (Å²) >= 11 is 0. The van der Waals surface area contributed by atoms with Crippen LogP contribution in [-0.2, 0) is 0 Å². The average Bonchev–Trinajstić information content (AvgIpc) is 2.00. The summed E-state index contributed by atoms with van der Waals surface area (Å²) in [7, 11) is 0. The van der Waals surface area contributed by atoms with Gasteiger partial charge in [-0.1, -0.05) is 54.9 Å². The maximum Gasteiger partial charge on any atom is -0.0272 e. The minimum atomic E-state index is 0.586. The highest BCUT2D eigenvalue weighted by atomic mass is 14.4. The van der Waals surface area contributed by atoms with Gasteiger partial charge >= 0.3 is 0 Å². The van der Waals surface area contributed by atoms with Gasteiger partial charge in [-0.25, -0.2) is 0 Å². The smallest absolute Gasteiger partial charge is 0.0272 e. The van der Waals surface area contributed by atoms with Crippen molar-refractivity contribution in [3.05, 3.63) is 0 Å². The van der Waals surface area contributed by atoms with Gasteiger partial charge < -0.3 is 0 Å². The summed E-state index contributed by atoms with van der Waals surface area (Å²) < 4.78 is 0. The van der Waals surface area contributed by atoms with Gasteiger partial charge in [0.25, 0.3) is 0 Å². The van der Waals surface area contributed by atoms with Gasteiger partial charge in [0.15, 0.2) is 0 Å². The van der Waals surface area contributed by atoms with Gasteiger partial charge in [-0.15, -0.1) is 0 Å². The van der Waals surface area contributed by atoms with E-state index in [1.165, 1.54) is 19.3 Å². The first-order chi connectivity index (χ1) is 6.34. The average molecular weight is 198 g/mol. The Morgan fingerprint density at radius 3 is 1.29 bits per heavy atom. The Kier molecular flexibility index (Phi) is 5.78. The van der Waals surface area contributed by atoms with Crippen LogP contribution in [0.1, 0.15) is 67.7 Å². The molecule has 0 radical (unpaired) electrons. The van der Waals surface area contributed by atoms with E-state index in [-0.39, 0.29) is 0 Å². The fraction of sp³-hybridized carbons (Fsp3) is 1.00. The monoisotopic (exact) mass is 198 g/mol. The zero-order chi connectivity index (χ0) is 11.4. The minimum absolute atomic E-state index is 0.586. The van der Waals surface area contributed by atoms with E-state index in [1.807, 2.05) is 0 Å². The lowest BCUT2D eigenvalue weighted by Crippen LogP contribution is -2.30. The first kappa shape index (κ1) is 14.0. The van der Waals surface area contributed by atoms with Crippen LogP contribution >= 0.6 is 0 Å². The Morgan fingerprint density at radius 1 is 0.786 bits per heavy atom. The van der Waals surface area contributed by atoms with Crippen LogP contribution < -0.4 is 0 Å². The molecule has 0 aliphatic rings. The molecule has 0 saturated heterocycles. The van der Waals surface area contributed by atoms with Crippen LogP contribution in [0, 0.1) is 23.2 Å². The Bertz CT molecular complexity index is 132. The van der Waals surface area contributed by atoms with Crippen molar-refractivity contribution in [3.8, 4) is 0 Å². The summed E-state index contributed by atoms with van der Waals surface area (Å²) in [6.45, 7) is 16.6. The van der Waals surface area contributed by atoms with Crippen LogP contribution in [0.2, 0.25) is 0 Å². The summed E-state index contributed by atoms with van der Waals surface area (Å²) in [6, 6.07) is 0. The van der Waals surface area contributed by atoms with Gasteiger partial charge in [0.2, 0.25) is 0 Å². The molecular formula is C14H30. The number of hydrogen-bond acceptors (Lipinski definition) is 0. The molecule has 0 aliphatic carbocycles. The molecule has 0 bridgehead atoms. The minimum Gasteiger partial charge on any atom is -0.0648 e. The molecule has 86 valence electrons. The summed E-state index contributed by atoms with van der Waals surface area (Å²) in [5.41, 5.74) is 0.586. The zero-order valence-corrected chi connectivity index (χ0v) is 11.4. The summed E-state index contributed by atoms with van der Waals surface area (Å²) in [4.78, 5) is 0. The van der Waals surface area contributed by atoms with Gasteiger partial charge in [-0.2, -0.15) is 0 Å². The molecule has 0 aliphatic heterocycles. The molecule has 0 N–H and O–H groups in total. The molecule has 0 amide bonds. The van der Waals surface area contributed by atoms with Crippen LogP contribution in [0.5, 0.6) is 0 Å². The molecule has 0 aromatic carbocycles. The quantitative estimate of drug-likeness (QED) is 0.555. The molecule has 0 saturated carbocycles. The molecule has 0 heterocycles. The van der Waals surface area contributed by atoms with E-state index in [9.17, 15) is 0 Å². The summed E-state index contributed by atoms with van der Waals surface area (Å²) in [5.74, 6) is 2.48. The maximum atomic E-state index is 2.40. The molecule has 14 heavy (non-hydrogen) atoms. The van der Waals surface area contributed by atoms with Crippen molar-refractivity contribution >= 4 is 0 Å².